The van der Waals surface area contributed by atoms with Gasteiger partial charge in [-0.15, -0.1) is 0 Å². The van der Waals surface area contributed by atoms with Crippen LogP contribution in [-0.4, -0.2) is 56.7 Å². The van der Waals surface area contributed by atoms with Crippen LogP contribution < -0.4 is 4.90 Å². The minimum absolute atomic E-state index is 0.0756. The number of para-hydroxylation sites is 1. The van der Waals surface area contributed by atoms with Crippen molar-refractivity contribution in [1.82, 2.24) is 24.6 Å². The van der Waals surface area contributed by atoms with Crippen LogP contribution in [0.15, 0.2) is 67.1 Å². The first-order chi connectivity index (χ1) is 16.1. The third-order valence-corrected chi connectivity index (χ3v) is 6.80. The molecule has 0 aliphatic carbocycles. The molecule has 2 atom stereocenters. The minimum atomic E-state index is 0.0756. The lowest BCUT2D eigenvalue weighted by Gasteiger charge is -2.46. The summed E-state index contributed by atoms with van der Waals surface area (Å²) in [5, 5.41) is 4.98. The maximum absolute atomic E-state index is 13.5. The number of rotatable bonds is 3. The van der Waals surface area contributed by atoms with Gasteiger partial charge in [0.2, 0.25) is 0 Å². The summed E-state index contributed by atoms with van der Waals surface area (Å²) in [5.74, 6) is 1.78. The fraction of sp³-hybridized carbons (Fsp3) is 0.280. The predicted octanol–water partition coefficient (Wildman–Crippen LogP) is 4.07. The van der Waals surface area contributed by atoms with Gasteiger partial charge in [0.15, 0.2) is 0 Å². The van der Waals surface area contributed by atoms with E-state index in [0.29, 0.717) is 22.4 Å². The summed E-state index contributed by atoms with van der Waals surface area (Å²) < 4.78 is 1.76. The molecule has 2 fully saturated rings. The summed E-state index contributed by atoms with van der Waals surface area (Å²) >= 11 is 6.08. The number of anilines is 1. The molecule has 8 heteroatoms. The molecule has 2 aromatic carbocycles. The molecule has 0 spiro atoms. The molecule has 2 aliphatic heterocycles. The van der Waals surface area contributed by atoms with Crippen molar-refractivity contribution in [2.75, 3.05) is 31.1 Å². The van der Waals surface area contributed by atoms with E-state index in [9.17, 15) is 4.79 Å². The van der Waals surface area contributed by atoms with Crippen LogP contribution in [-0.2, 0) is 0 Å². The van der Waals surface area contributed by atoms with Crippen molar-refractivity contribution in [3.63, 3.8) is 0 Å². The Morgan fingerprint density at radius 1 is 0.970 bits per heavy atom. The SMILES string of the molecule is O=C(c1ccccc1-n1cccn1)N1CC2CC(C1)CN(c1cnc3cc(Cl)ccc3n1)C2. The fourth-order valence-corrected chi connectivity index (χ4v) is 5.36. The Bertz CT molecular complexity index is 1310. The molecule has 2 aromatic heterocycles. The zero-order chi connectivity index (χ0) is 22.4. The quantitative estimate of drug-likeness (QED) is 0.463. The molecule has 1 amide bonds. The molecule has 4 aromatic rings. The van der Waals surface area contributed by atoms with E-state index in [-0.39, 0.29) is 5.91 Å². The van der Waals surface area contributed by atoms with Gasteiger partial charge in [0.25, 0.3) is 5.91 Å². The number of piperidine rings is 2. The minimum Gasteiger partial charge on any atom is -0.355 e. The first-order valence-corrected chi connectivity index (χ1v) is 11.6. The van der Waals surface area contributed by atoms with Gasteiger partial charge in [0.1, 0.15) is 5.82 Å². The van der Waals surface area contributed by atoms with Crippen molar-refractivity contribution in [2.24, 2.45) is 11.8 Å². The maximum Gasteiger partial charge on any atom is 0.256 e. The molecule has 0 radical (unpaired) electrons. The third kappa shape index (κ3) is 3.82. The second kappa shape index (κ2) is 8.15. The largest absolute Gasteiger partial charge is 0.355 e. The van der Waals surface area contributed by atoms with Crippen LogP contribution in [0.3, 0.4) is 0 Å². The summed E-state index contributed by atoms with van der Waals surface area (Å²) in [6.07, 6.45) is 6.57. The Morgan fingerprint density at radius 2 is 1.79 bits per heavy atom. The zero-order valence-electron chi connectivity index (χ0n) is 18.0. The van der Waals surface area contributed by atoms with Gasteiger partial charge in [-0.05, 0) is 54.7 Å². The number of nitrogens with zero attached hydrogens (tertiary/aromatic N) is 6. The van der Waals surface area contributed by atoms with Crippen molar-refractivity contribution in [2.45, 2.75) is 6.42 Å². The number of benzene rings is 2. The lowest BCUT2D eigenvalue weighted by Crippen LogP contribution is -2.54. The summed E-state index contributed by atoms with van der Waals surface area (Å²) in [6, 6.07) is 15.2. The Labute approximate surface area is 196 Å². The van der Waals surface area contributed by atoms with Gasteiger partial charge in [0, 0.05) is 43.6 Å². The third-order valence-electron chi connectivity index (χ3n) is 6.57. The number of amides is 1. The van der Waals surface area contributed by atoms with Crippen molar-refractivity contribution >= 4 is 34.4 Å². The van der Waals surface area contributed by atoms with E-state index in [1.165, 1.54) is 0 Å². The second-order valence-corrected chi connectivity index (χ2v) is 9.35. The molecule has 166 valence electrons. The number of fused-ring (bicyclic) bond motifs is 3. The van der Waals surface area contributed by atoms with Crippen LogP contribution in [0.25, 0.3) is 16.7 Å². The summed E-state index contributed by atoms with van der Waals surface area (Å²) in [5.41, 5.74) is 3.16. The normalized spacial score (nSPS) is 20.3. The molecule has 0 saturated carbocycles. The highest BCUT2D eigenvalue weighted by Crippen LogP contribution is 2.32. The van der Waals surface area contributed by atoms with Gasteiger partial charge in [0.05, 0.1) is 28.5 Å². The van der Waals surface area contributed by atoms with Crippen LogP contribution in [0.5, 0.6) is 0 Å². The van der Waals surface area contributed by atoms with Crippen molar-refractivity contribution in [3.8, 4) is 5.69 Å². The molecular weight excluding hydrogens is 436 g/mol. The van der Waals surface area contributed by atoms with Gasteiger partial charge < -0.3 is 9.80 Å². The molecule has 2 bridgehead atoms. The molecule has 2 unspecified atom stereocenters. The summed E-state index contributed by atoms with van der Waals surface area (Å²) in [6.45, 7) is 3.23. The van der Waals surface area contributed by atoms with E-state index in [1.807, 2.05) is 65.8 Å². The van der Waals surface area contributed by atoms with Crippen LogP contribution in [0.1, 0.15) is 16.8 Å². The van der Waals surface area contributed by atoms with Gasteiger partial charge in [-0.1, -0.05) is 23.7 Å². The fourth-order valence-electron chi connectivity index (χ4n) is 5.20. The van der Waals surface area contributed by atoms with Crippen LogP contribution in [0, 0.1) is 11.8 Å². The standard InChI is InChI=1S/C25H23ClN6O/c26-19-6-7-21-22(11-19)27-12-24(29-21)30-13-17-10-18(14-30)16-31(15-17)25(33)20-4-1-2-5-23(20)32-9-3-8-28-32/h1-9,11-12,17-18H,10,13-16H2. The topological polar surface area (TPSA) is 67.2 Å². The smallest absolute Gasteiger partial charge is 0.256 e. The lowest BCUT2D eigenvalue weighted by atomic mass is 9.84. The summed E-state index contributed by atoms with van der Waals surface area (Å²) in [4.78, 5) is 27.2. The van der Waals surface area contributed by atoms with Crippen molar-refractivity contribution < 1.29 is 4.79 Å². The van der Waals surface area contributed by atoms with Gasteiger partial charge in [-0.25, -0.2) is 9.67 Å². The first-order valence-electron chi connectivity index (χ1n) is 11.2. The van der Waals surface area contributed by atoms with Crippen LogP contribution >= 0.6 is 11.6 Å². The molecular formula is C25H23ClN6O. The molecule has 33 heavy (non-hydrogen) atoms. The number of hydrogen-bond acceptors (Lipinski definition) is 5. The first kappa shape index (κ1) is 20.2. The molecule has 6 rings (SSSR count). The molecule has 7 nitrogen and oxygen atoms in total. The number of hydrogen-bond donors (Lipinski definition) is 0. The van der Waals surface area contributed by atoms with Crippen LogP contribution in [0.2, 0.25) is 5.02 Å². The number of aromatic nitrogens is 4. The van der Waals surface area contributed by atoms with Gasteiger partial charge >= 0.3 is 0 Å². The average molecular weight is 459 g/mol. The Hall–Kier alpha value is -3.45. The number of carbonyl (C=O) groups is 1. The van der Waals surface area contributed by atoms with Crippen LogP contribution in [0.4, 0.5) is 5.82 Å². The van der Waals surface area contributed by atoms with E-state index in [1.54, 1.807) is 10.9 Å². The molecule has 0 N–H and O–H groups in total. The maximum atomic E-state index is 13.5. The number of halogens is 1. The summed E-state index contributed by atoms with van der Waals surface area (Å²) in [7, 11) is 0. The van der Waals surface area contributed by atoms with E-state index in [0.717, 1.165) is 55.1 Å². The monoisotopic (exact) mass is 458 g/mol. The Balaban J connectivity index is 1.21. The average Bonchev–Trinajstić information content (AvgIpc) is 3.37. The van der Waals surface area contributed by atoms with E-state index in [4.69, 9.17) is 16.6 Å². The zero-order valence-corrected chi connectivity index (χ0v) is 18.8. The molecule has 4 heterocycles. The highest BCUT2D eigenvalue weighted by Gasteiger charge is 2.37. The molecule has 2 saturated heterocycles. The Kier molecular flexibility index (Phi) is 4.99. The molecule has 2 aliphatic rings. The lowest BCUT2D eigenvalue weighted by molar-refractivity contribution is 0.0564. The predicted molar refractivity (Wildman–Crippen MR) is 128 cm³/mol. The number of likely N-dealkylation sites (tertiary alicyclic amines) is 1. The van der Waals surface area contributed by atoms with Gasteiger partial charge in [-0.2, -0.15) is 5.10 Å². The highest BCUT2D eigenvalue weighted by atomic mass is 35.5. The van der Waals surface area contributed by atoms with E-state index < -0.39 is 0 Å². The van der Waals surface area contributed by atoms with Crippen molar-refractivity contribution in [1.29, 1.82) is 0 Å². The number of carbonyl (C=O) groups excluding carboxylic acids is 1. The van der Waals surface area contributed by atoms with Gasteiger partial charge in [-0.3, -0.25) is 9.78 Å². The van der Waals surface area contributed by atoms with E-state index >= 15 is 0 Å². The second-order valence-electron chi connectivity index (χ2n) is 8.91. The van der Waals surface area contributed by atoms with Crippen molar-refractivity contribution in [3.05, 3.63) is 77.7 Å². The highest BCUT2D eigenvalue weighted by molar-refractivity contribution is 6.31. The Morgan fingerprint density at radius 3 is 2.58 bits per heavy atom. The van der Waals surface area contributed by atoms with E-state index in [2.05, 4.69) is 15.0 Å².